The lowest BCUT2D eigenvalue weighted by Crippen LogP contribution is -2.58. The van der Waals surface area contributed by atoms with E-state index in [1.54, 1.807) is 48.2 Å². The van der Waals surface area contributed by atoms with Gasteiger partial charge in [0.25, 0.3) is 17.7 Å². The molecule has 2 aliphatic rings. The number of benzene rings is 3. The Morgan fingerprint density at radius 2 is 1.98 bits per heavy atom. The van der Waals surface area contributed by atoms with Crippen molar-refractivity contribution in [2.24, 2.45) is 0 Å². The minimum atomic E-state index is -0.646. The number of carbonyl (C=O) groups is 3. The Labute approximate surface area is 245 Å². The maximum atomic E-state index is 14.5. The lowest BCUT2D eigenvalue weighted by molar-refractivity contribution is -0.123. The van der Waals surface area contributed by atoms with E-state index < -0.39 is 29.8 Å². The topological polar surface area (TPSA) is 132 Å². The van der Waals surface area contributed by atoms with Crippen molar-refractivity contribution in [3.8, 4) is 17.2 Å². The molecule has 3 aromatic carbocycles. The first-order chi connectivity index (χ1) is 20.7. The Morgan fingerprint density at radius 3 is 2.81 bits per heavy atom. The summed E-state index contributed by atoms with van der Waals surface area (Å²) in [6.45, 7) is 1.92. The van der Waals surface area contributed by atoms with Crippen LogP contribution in [0.3, 0.4) is 0 Å². The molecule has 3 amide bonds. The summed E-state index contributed by atoms with van der Waals surface area (Å²) in [7, 11) is 1.45. The highest BCUT2D eigenvalue weighted by molar-refractivity contribution is 5.97. The van der Waals surface area contributed by atoms with Gasteiger partial charge in [0, 0.05) is 50.2 Å². The number of halogens is 1. The maximum Gasteiger partial charge on any atom is 0.258 e. The van der Waals surface area contributed by atoms with Gasteiger partial charge < -0.3 is 34.2 Å². The highest BCUT2D eigenvalue weighted by Gasteiger charge is 2.35. The van der Waals surface area contributed by atoms with Crippen LogP contribution in [0.25, 0.3) is 11.1 Å². The number of aryl methyl sites for hydroxylation is 1. The van der Waals surface area contributed by atoms with Crippen molar-refractivity contribution in [2.75, 3.05) is 26.8 Å². The van der Waals surface area contributed by atoms with Gasteiger partial charge in [0.05, 0.1) is 13.2 Å². The van der Waals surface area contributed by atoms with E-state index in [1.165, 1.54) is 25.3 Å². The molecule has 1 fully saturated rings. The normalized spacial score (nSPS) is 19.0. The molecule has 4 bridgehead atoms. The molecule has 1 aromatic heterocycles. The number of nitrogens with one attached hydrogen (secondary N) is 2. The molecule has 0 unspecified atom stereocenters. The monoisotopic (exact) mass is 588 g/mol. The van der Waals surface area contributed by atoms with Crippen LogP contribution in [0.15, 0.2) is 59.0 Å². The van der Waals surface area contributed by atoms with E-state index in [0.29, 0.717) is 46.8 Å². The molecule has 1 saturated heterocycles. The molecular weight excluding hydrogens is 559 g/mol. The predicted octanol–water partition coefficient (Wildman–Crippen LogP) is 3.38. The highest BCUT2D eigenvalue weighted by Crippen LogP contribution is 2.29. The Balaban J connectivity index is 1.31. The van der Waals surface area contributed by atoms with E-state index >= 15 is 0 Å². The molecule has 12 heteroatoms. The number of amides is 3. The van der Waals surface area contributed by atoms with Gasteiger partial charge in [0.2, 0.25) is 0 Å². The molecule has 0 spiro atoms. The lowest BCUT2D eigenvalue weighted by atomic mass is 9.99. The third-order valence-electron chi connectivity index (χ3n) is 7.39. The average Bonchev–Trinajstić information content (AvgIpc) is 3.37. The predicted molar refractivity (Wildman–Crippen MR) is 152 cm³/mol. The number of hydrogen-bond acceptors (Lipinski definition) is 8. The van der Waals surface area contributed by atoms with Gasteiger partial charge in [-0.3, -0.25) is 14.4 Å². The van der Waals surface area contributed by atoms with Crippen LogP contribution in [-0.4, -0.2) is 66.6 Å². The first kappa shape index (κ1) is 28.0. The van der Waals surface area contributed by atoms with Crippen molar-refractivity contribution >= 4 is 28.8 Å². The van der Waals surface area contributed by atoms with Crippen molar-refractivity contribution < 1.29 is 37.4 Å². The van der Waals surface area contributed by atoms with E-state index in [4.69, 9.17) is 18.6 Å². The molecular formula is C31H29FN4O7. The van der Waals surface area contributed by atoms with Gasteiger partial charge in [0.15, 0.2) is 29.6 Å². The fourth-order valence-corrected chi connectivity index (χ4v) is 5.29. The Morgan fingerprint density at radius 1 is 1.12 bits per heavy atom. The number of rotatable bonds is 2. The fraction of sp³-hybridized carbons (Fsp3) is 0.290. The highest BCUT2D eigenvalue weighted by atomic mass is 19.1. The quantitative estimate of drug-likeness (QED) is 0.364. The van der Waals surface area contributed by atoms with E-state index in [0.717, 1.165) is 0 Å². The number of ether oxygens (including phenoxy) is 3. The number of methoxy groups -OCH3 is 1. The molecule has 11 nitrogen and oxygen atoms in total. The van der Waals surface area contributed by atoms with Gasteiger partial charge in [-0.05, 0) is 54.1 Å². The summed E-state index contributed by atoms with van der Waals surface area (Å²) < 4.78 is 37.4. The van der Waals surface area contributed by atoms with Crippen molar-refractivity contribution in [3.05, 3.63) is 83.0 Å². The molecule has 3 heterocycles. The van der Waals surface area contributed by atoms with Crippen molar-refractivity contribution in [1.82, 2.24) is 20.5 Å². The zero-order valence-electron chi connectivity index (χ0n) is 23.5. The minimum Gasteiger partial charge on any atom is -0.493 e. The molecule has 0 radical (unpaired) electrons. The van der Waals surface area contributed by atoms with Crippen molar-refractivity contribution in [3.63, 3.8) is 0 Å². The molecule has 222 valence electrons. The summed E-state index contributed by atoms with van der Waals surface area (Å²) in [6.07, 6.45) is -0.224. The first-order valence-corrected chi connectivity index (χ1v) is 13.8. The molecule has 0 saturated carbocycles. The summed E-state index contributed by atoms with van der Waals surface area (Å²) in [5, 5.41) is 5.69. The molecule has 43 heavy (non-hydrogen) atoms. The molecule has 2 N–H and O–H groups in total. The SMILES string of the molecule is COc1ccc2cc1OCC(=O)NCc1cc(F)cc(c1)O[C@@H]1CCN(C(=O)c3ccc4nc(C)oc4c3)C[C@@H]1NC2=O. The summed E-state index contributed by atoms with van der Waals surface area (Å²) in [4.78, 5) is 45.4. The second kappa shape index (κ2) is 11.6. The van der Waals surface area contributed by atoms with Crippen LogP contribution in [0.4, 0.5) is 4.39 Å². The minimum absolute atomic E-state index is 0.0512. The molecule has 2 atom stereocenters. The van der Waals surface area contributed by atoms with Crippen LogP contribution >= 0.6 is 0 Å². The van der Waals surface area contributed by atoms with Gasteiger partial charge in [-0.2, -0.15) is 0 Å². The largest absolute Gasteiger partial charge is 0.493 e. The smallest absolute Gasteiger partial charge is 0.258 e. The summed E-state index contributed by atoms with van der Waals surface area (Å²) in [6, 6.07) is 13.2. The third kappa shape index (κ3) is 6.08. The zero-order valence-corrected chi connectivity index (χ0v) is 23.5. The number of fused-ring (bicyclic) bond motifs is 6. The number of oxazole rings is 1. The second-order valence-electron chi connectivity index (χ2n) is 10.4. The number of likely N-dealkylation sites (tertiary alicyclic amines) is 1. The van der Waals surface area contributed by atoms with Crippen LogP contribution in [-0.2, 0) is 11.3 Å². The van der Waals surface area contributed by atoms with Crippen LogP contribution in [0.5, 0.6) is 17.2 Å². The summed E-state index contributed by atoms with van der Waals surface area (Å²) in [5.41, 5.74) is 2.33. The standard InChI is InChI=1S/C31H29FN4O7/c1-17-34-23-5-3-20(12-27(23)42-17)31(39)36-8-7-25-24(15-36)35-30(38)19-4-6-26(40-2)28(11-19)41-16-29(37)33-14-18-9-21(32)13-22(10-18)43-25/h3-6,9-13,24-25H,7-8,14-16H2,1-2H3,(H,33,37)(H,35,38)/t24-,25+/m0/s1. The van der Waals surface area contributed by atoms with Crippen molar-refractivity contribution in [1.29, 1.82) is 0 Å². The Bertz CT molecular complexity index is 1720. The zero-order chi connectivity index (χ0) is 30.1. The maximum absolute atomic E-state index is 14.5. The van der Waals surface area contributed by atoms with Crippen molar-refractivity contribution in [2.45, 2.75) is 32.0 Å². The molecule has 6 rings (SSSR count). The number of carbonyl (C=O) groups excluding carboxylic acids is 3. The molecule has 2 aliphatic heterocycles. The van der Waals surface area contributed by atoms with Crippen LogP contribution in [0.1, 0.15) is 38.6 Å². The summed E-state index contributed by atoms with van der Waals surface area (Å²) >= 11 is 0. The average molecular weight is 589 g/mol. The Kier molecular flexibility index (Phi) is 7.58. The lowest BCUT2D eigenvalue weighted by Gasteiger charge is -2.39. The van der Waals surface area contributed by atoms with E-state index in [-0.39, 0.29) is 42.7 Å². The van der Waals surface area contributed by atoms with Gasteiger partial charge >= 0.3 is 0 Å². The van der Waals surface area contributed by atoms with Crippen LogP contribution < -0.4 is 24.8 Å². The number of hydrogen-bond donors (Lipinski definition) is 2. The van der Waals surface area contributed by atoms with Gasteiger partial charge in [-0.1, -0.05) is 0 Å². The third-order valence-corrected chi connectivity index (χ3v) is 7.39. The molecule has 0 aliphatic carbocycles. The number of nitrogens with zero attached hydrogens (tertiary/aromatic N) is 2. The van der Waals surface area contributed by atoms with Gasteiger partial charge in [-0.25, -0.2) is 9.37 Å². The first-order valence-electron chi connectivity index (χ1n) is 13.8. The van der Waals surface area contributed by atoms with E-state index in [2.05, 4.69) is 15.6 Å². The number of aromatic nitrogens is 1. The van der Waals surface area contributed by atoms with E-state index in [9.17, 15) is 18.8 Å². The van der Waals surface area contributed by atoms with Crippen LogP contribution in [0, 0.1) is 12.7 Å². The van der Waals surface area contributed by atoms with Gasteiger partial charge in [0.1, 0.15) is 23.2 Å². The van der Waals surface area contributed by atoms with Gasteiger partial charge in [-0.15, -0.1) is 0 Å². The Hall–Kier alpha value is -5.13. The second-order valence-corrected chi connectivity index (χ2v) is 10.4. The summed E-state index contributed by atoms with van der Waals surface area (Å²) in [5.74, 6) is -0.368. The fourth-order valence-electron chi connectivity index (χ4n) is 5.29. The van der Waals surface area contributed by atoms with Crippen LogP contribution in [0.2, 0.25) is 0 Å². The molecule has 4 aromatic rings. The number of piperidine rings is 1. The van der Waals surface area contributed by atoms with E-state index in [1.807, 2.05) is 0 Å².